The van der Waals surface area contributed by atoms with Gasteiger partial charge in [0.05, 0.1) is 4.34 Å². The highest BCUT2D eigenvalue weighted by molar-refractivity contribution is 7.91. The molecule has 1 heterocycles. The number of sulfonamides is 1. The Morgan fingerprint density at radius 1 is 1.30 bits per heavy atom. The fourth-order valence-corrected chi connectivity index (χ4v) is 4.10. The van der Waals surface area contributed by atoms with Gasteiger partial charge in [-0.05, 0) is 36.8 Å². The fourth-order valence-electron chi connectivity index (χ4n) is 1.56. The lowest BCUT2D eigenvalue weighted by atomic mass is 10.2. The van der Waals surface area contributed by atoms with Gasteiger partial charge in [0.25, 0.3) is 0 Å². The van der Waals surface area contributed by atoms with E-state index in [1.54, 1.807) is 6.07 Å². The Hall–Kier alpha value is -1.08. The van der Waals surface area contributed by atoms with Crippen LogP contribution in [0.25, 0.3) is 0 Å². The summed E-state index contributed by atoms with van der Waals surface area (Å²) in [6.07, 6.45) is 0. The van der Waals surface area contributed by atoms with Crippen LogP contribution in [-0.2, 0) is 10.0 Å². The largest absolute Gasteiger partial charge is 0.492 e. The van der Waals surface area contributed by atoms with E-state index in [1.165, 1.54) is 6.07 Å². The van der Waals surface area contributed by atoms with Gasteiger partial charge in [-0.25, -0.2) is 13.1 Å². The molecule has 0 spiro atoms. The summed E-state index contributed by atoms with van der Waals surface area (Å²) >= 11 is 6.75. The van der Waals surface area contributed by atoms with Crippen molar-refractivity contribution < 1.29 is 13.2 Å². The van der Waals surface area contributed by atoms with E-state index in [4.69, 9.17) is 16.3 Å². The first kappa shape index (κ1) is 15.3. The van der Waals surface area contributed by atoms with E-state index >= 15 is 0 Å². The summed E-state index contributed by atoms with van der Waals surface area (Å²) in [6.45, 7) is 2.43. The molecule has 0 bridgehead atoms. The number of hydrogen-bond donors (Lipinski definition) is 1. The van der Waals surface area contributed by atoms with Gasteiger partial charge >= 0.3 is 0 Å². The van der Waals surface area contributed by atoms with Crippen LogP contribution in [0.4, 0.5) is 0 Å². The van der Waals surface area contributed by atoms with E-state index in [0.29, 0.717) is 4.34 Å². The van der Waals surface area contributed by atoms with Crippen molar-refractivity contribution in [3.05, 3.63) is 46.3 Å². The van der Waals surface area contributed by atoms with Gasteiger partial charge in [-0.2, -0.15) is 0 Å². The molecule has 0 saturated heterocycles. The Morgan fingerprint density at radius 2 is 2.10 bits per heavy atom. The molecule has 108 valence electrons. The lowest BCUT2D eigenvalue weighted by Crippen LogP contribution is -2.27. The number of aryl methyl sites for hydroxylation is 1. The number of thiophene rings is 1. The molecule has 0 aliphatic rings. The van der Waals surface area contributed by atoms with Gasteiger partial charge in [0, 0.05) is 6.54 Å². The zero-order valence-electron chi connectivity index (χ0n) is 10.8. The molecular formula is C13H14ClNO3S2. The Bertz CT molecular complexity index is 682. The first-order chi connectivity index (χ1) is 9.47. The average Bonchev–Trinajstić information content (AvgIpc) is 2.82. The Kier molecular flexibility index (Phi) is 5.04. The molecule has 7 heteroatoms. The molecule has 2 aromatic rings. The minimum absolute atomic E-state index is 0.200. The Morgan fingerprint density at radius 3 is 2.75 bits per heavy atom. The highest BCUT2D eigenvalue weighted by atomic mass is 35.5. The monoisotopic (exact) mass is 331 g/mol. The smallest absolute Gasteiger partial charge is 0.250 e. The Balaban J connectivity index is 1.84. The van der Waals surface area contributed by atoms with Crippen LogP contribution in [0.2, 0.25) is 4.34 Å². The zero-order valence-corrected chi connectivity index (χ0v) is 13.2. The van der Waals surface area contributed by atoms with Crippen molar-refractivity contribution in [2.75, 3.05) is 13.2 Å². The molecule has 0 amide bonds. The van der Waals surface area contributed by atoms with Gasteiger partial charge < -0.3 is 4.74 Å². The normalized spacial score (nSPS) is 11.5. The minimum atomic E-state index is -3.50. The summed E-state index contributed by atoms with van der Waals surface area (Å²) in [7, 11) is -3.50. The third-order valence-electron chi connectivity index (χ3n) is 2.47. The summed E-state index contributed by atoms with van der Waals surface area (Å²) in [4.78, 5) is 0. The fraction of sp³-hybridized carbons (Fsp3) is 0.231. The van der Waals surface area contributed by atoms with Gasteiger partial charge in [-0.3, -0.25) is 0 Å². The highest BCUT2D eigenvalue weighted by Gasteiger charge is 2.15. The second kappa shape index (κ2) is 6.58. The molecule has 4 nitrogen and oxygen atoms in total. The SMILES string of the molecule is Cc1cccc(OCCNS(=O)(=O)c2ccc(Cl)s2)c1. The minimum Gasteiger partial charge on any atom is -0.492 e. The van der Waals surface area contributed by atoms with E-state index < -0.39 is 10.0 Å². The van der Waals surface area contributed by atoms with Crippen LogP contribution in [0.15, 0.2) is 40.6 Å². The molecule has 0 saturated carbocycles. The maximum absolute atomic E-state index is 11.9. The van der Waals surface area contributed by atoms with Crippen molar-refractivity contribution in [1.82, 2.24) is 4.72 Å². The predicted octanol–water partition coefficient (Wildman–Crippen LogP) is 3.07. The van der Waals surface area contributed by atoms with Crippen molar-refractivity contribution in [3.8, 4) is 5.75 Å². The molecule has 0 atom stereocenters. The van der Waals surface area contributed by atoms with Crippen LogP contribution >= 0.6 is 22.9 Å². The summed E-state index contributed by atoms with van der Waals surface area (Å²) in [6, 6.07) is 10.6. The van der Waals surface area contributed by atoms with Crippen LogP contribution in [0.5, 0.6) is 5.75 Å². The molecule has 2 rings (SSSR count). The van der Waals surface area contributed by atoms with Crippen LogP contribution in [0, 0.1) is 6.92 Å². The van der Waals surface area contributed by atoms with Gasteiger partial charge in [-0.1, -0.05) is 23.7 Å². The second-order valence-electron chi connectivity index (χ2n) is 4.12. The molecule has 1 N–H and O–H groups in total. The summed E-state index contributed by atoms with van der Waals surface area (Å²) in [5.41, 5.74) is 1.09. The first-order valence-corrected chi connectivity index (χ1v) is 8.59. The lowest BCUT2D eigenvalue weighted by Gasteiger charge is -2.08. The van der Waals surface area contributed by atoms with Crippen LogP contribution in [0.3, 0.4) is 0 Å². The van der Waals surface area contributed by atoms with E-state index in [9.17, 15) is 8.42 Å². The summed E-state index contributed by atoms with van der Waals surface area (Å²) in [5, 5.41) is 0. The number of halogens is 1. The third-order valence-corrected chi connectivity index (χ3v) is 5.65. The Labute approximate surface area is 127 Å². The van der Waals surface area contributed by atoms with E-state index in [1.807, 2.05) is 31.2 Å². The van der Waals surface area contributed by atoms with Crippen molar-refractivity contribution in [2.45, 2.75) is 11.1 Å². The maximum atomic E-state index is 11.9. The zero-order chi connectivity index (χ0) is 14.6. The topological polar surface area (TPSA) is 55.4 Å². The van der Waals surface area contributed by atoms with Crippen LogP contribution in [-0.4, -0.2) is 21.6 Å². The quantitative estimate of drug-likeness (QED) is 0.828. The average molecular weight is 332 g/mol. The standard InChI is InChI=1S/C13H14ClNO3S2/c1-10-3-2-4-11(9-10)18-8-7-15-20(16,17)13-6-5-12(14)19-13/h2-6,9,15H,7-8H2,1H3. The molecule has 0 radical (unpaired) electrons. The van der Waals surface area contributed by atoms with Crippen molar-refractivity contribution >= 4 is 33.0 Å². The van der Waals surface area contributed by atoms with Gasteiger partial charge in [-0.15, -0.1) is 11.3 Å². The van der Waals surface area contributed by atoms with Crippen LogP contribution in [0.1, 0.15) is 5.56 Å². The number of hydrogen-bond acceptors (Lipinski definition) is 4. The van der Waals surface area contributed by atoms with E-state index in [0.717, 1.165) is 22.6 Å². The lowest BCUT2D eigenvalue weighted by molar-refractivity contribution is 0.322. The third kappa shape index (κ3) is 4.21. The van der Waals surface area contributed by atoms with Crippen LogP contribution < -0.4 is 9.46 Å². The molecule has 0 aliphatic heterocycles. The summed E-state index contributed by atoms with van der Waals surface area (Å²) < 4.78 is 32.4. The summed E-state index contributed by atoms with van der Waals surface area (Å²) in [5.74, 6) is 0.725. The number of rotatable bonds is 6. The number of benzene rings is 1. The van der Waals surface area contributed by atoms with Crippen molar-refractivity contribution in [3.63, 3.8) is 0 Å². The molecule has 0 fully saturated rings. The maximum Gasteiger partial charge on any atom is 0.250 e. The number of ether oxygens (including phenoxy) is 1. The molecule has 1 aromatic heterocycles. The van der Waals surface area contributed by atoms with Gasteiger partial charge in [0.1, 0.15) is 16.6 Å². The molecule has 0 unspecified atom stereocenters. The molecular weight excluding hydrogens is 318 g/mol. The molecule has 20 heavy (non-hydrogen) atoms. The van der Waals surface area contributed by atoms with E-state index in [2.05, 4.69) is 4.72 Å². The van der Waals surface area contributed by atoms with E-state index in [-0.39, 0.29) is 17.4 Å². The predicted molar refractivity (Wildman–Crippen MR) is 81.2 cm³/mol. The van der Waals surface area contributed by atoms with Gasteiger partial charge in [0.2, 0.25) is 10.0 Å². The van der Waals surface area contributed by atoms with Crippen molar-refractivity contribution in [1.29, 1.82) is 0 Å². The second-order valence-corrected chi connectivity index (χ2v) is 7.83. The molecule has 0 aliphatic carbocycles. The van der Waals surface area contributed by atoms with Gasteiger partial charge in [0.15, 0.2) is 0 Å². The highest BCUT2D eigenvalue weighted by Crippen LogP contribution is 2.25. The number of nitrogens with one attached hydrogen (secondary N) is 1. The first-order valence-electron chi connectivity index (χ1n) is 5.92. The van der Waals surface area contributed by atoms with Crippen molar-refractivity contribution in [2.24, 2.45) is 0 Å². The molecule has 1 aromatic carbocycles.